The number of hydrogen-bond acceptors (Lipinski definition) is 4. The SMILES string of the molecule is Cc1nc([C@@H]2CCCN(C(=O)c3ccoc3C)C2)sc1C. The van der Waals surface area contributed by atoms with Crippen LogP contribution < -0.4 is 0 Å². The molecule has 2 aromatic heterocycles. The van der Waals surface area contributed by atoms with E-state index < -0.39 is 0 Å². The maximum atomic E-state index is 12.6. The van der Waals surface area contributed by atoms with Crippen molar-refractivity contribution >= 4 is 17.2 Å². The minimum atomic E-state index is 0.0796. The van der Waals surface area contributed by atoms with Crippen molar-refractivity contribution in [2.24, 2.45) is 0 Å². The van der Waals surface area contributed by atoms with E-state index in [4.69, 9.17) is 4.42 Å². The topological polar surface area (TPSA) is 46.3 Å². The molecule has 0 aromatic carbocycles. The van der Waals surface area contributed by atoms with Crippen molar-refractivity contribution in [3.63, 3.8) is 0 Å². The van der Waals surface area contributed by atoms with Crippen LogP contribution in [0, 0.1) is 20.8 Å². The third-order valence-corrected chi connectivity index (χ3v) is 5.43. The molecule has 5 heteroatoms. The number of carbonyl (C=O) groups excluding carboxylic acids is 1. The molecule has 0 unspecified atom stereocenters. The van der Waals surface area contributed by atoms with Gasteiger partial charge in [0.25, 0.3) is 5.91 Å². The summed E-state index contributed by atoms with van der Waals surface area (Å²) in [4.78, 5) is 20.5. The van der Waals surface area contributed by atoms with Gasteiger partial charge in [-0.05, 0) is 39.7 Å². The van der Waals surface area contributed by atoms with Crippen molar-refractivity contribution in [2.75, 3.05) is 13.1 Å². The van der Waals surface area contributed by atoms with E-state index in [0.29, 0.717) is 17.2 Å². The van der Waals surface area contributed by atoms with Gasteiger partial charge in [0.05, 0.1) is 22.5 Å². The van der Waals surface area contributed by atoms with E-state index in [0.717, 1.165) is 31.6 Å². The van der Waals surface area contributed by atoms with Crippen LogP contribution in [0.1, 0.15) is 50.5 Å². The van der Waals surface area contributed by atoms with Crippen molar-refractivity contribution in [2.45, 2.75) is 39.5 Å². The van der Waals surface area contributed by atoms with Gasteiger partial charge in [0.2, 0.25) is 0 Å². The fourth-order valence-electron chi connectivity index (χ4n) is 2.81. The Kier molecular flexibility index (Phi) is 3.85. The smallest absolute Gasteiger partial charge is 0.257 e. The maximum Gasteiger partial charge on any atom is 0.257 e. The highest BCUT2D eigenvalue weighted by molar-refractivity contribution is 7.11. The van der Waals surface area contributed by atoms with E-state index in [1.807, 2.05) is 11.8 Å². The van der Waals surface area contributed by atoms with E-state index in [2.05, 4.69) is 18.8 Å². The summed E-state index contributed by atoms with van der Waals surface area (Å²) in [5.41, 5.74) is 1.80. The van der Waals surface area contributed by atoms with Gasteiger partial charge in [-0.3, -0.25) is 4.79 Å². The molecule has 0 N–H and O–H groups in total. The first-order valence-corrected chi connectivity index (χ1v) is 8.15. The number of thiazole rings is 1. The lowest BCUT2D eigenvalue weighted by Gasteiger charge is -2.31. The Morgan fingerprint density at radius 1 is 1.43 bits per heavy atom. The molecule has 1 atom stereocenters. The summed E-state index contributed by atoms with van der Waals surface area (Å²) in [7, 11) is 0. The van der Waals surface area contributed by atoms with Gasteiger partial charge in [-0.25, -0.2) is 4.98 Å². The zero-order valence-electron chi connectivity index (χ0n) is 12.7. The molecule has 0 saturated carbocycles. The van der Waals surface area contributed by atoms with Crippen molar-refractivity contribution in [1.82, 2.24) is 9.88 Å². The number of carbonyl (C=O) groups is 1. The molecular formula is C16H20N2O2S. The number of rotatable bonds is 2. The number of nitrogens with zero attached hydrogens (tertiary/aromatic N) is 2. The van der Waals surface area contributed by atoms with Crippen LogP contribution in [0.3, 0.4) is 0 Å². The Hall–Kier alpha value is -1.62. The van der Waals surface area contributed by atoms with Crippen molar-refractivity contribution in [3.05, 3.63) is 39.2 Å². The number of likely N-dealkylation sites (tertiary alicyclic amines) is 1. The molecule has 1 amide bonds. The Balaban J connectivity index is 1.77. The Bertz CT molecular complexity index is 640. The van der Waals surface area contributed by atoms with Crippen molar-refractivity contribution in [1.29, 1.82) is 0 Å². The molecule has 21 heavy (non-hydrogen) atoms. The molecule has 1 saturated heterocycles. The first-order valence-electron chi connectivity index (χ1n) is 7.33. The Morgan fingerprint density at radius 3 is 2.86 bits per heavy atom. The predicted molar refractivity (Wildman–Crippen MR) is 82.9 cm³/mol. The fourth-order valence-corrected chi connectivity index (χ4v) is 3.86. The number of hydrogen-bond donors (Lipinski definition) is 0. The predicted octanol–water partition coefficient (Wildman–Crippen LogP) is 3.68. The number of piperidine rings is 1. The van der Waals surface area contributed by atoms with Crippen LogP contribution in [0.25, 0.3) is 0 Å². The maximum absolute atomic E-state index is 12.6. The first kappa shape index (κ1) is 14.3. The van der Waals surface area contributed by atoms with Crippen LogP contribution in [0.4, 0.5) is 0 Å². The van der Waals surface area contributed by atoms with Crippen LogP contribution >= 0.6 is 11.3 Å². The molecule has 0 aliphatic carbocycles. The Labute approximate surface area is 128 Å². The quantitative estimate of drug-likeness (QED) is 0.850. The molecular weight excluding hydrogens is 284 g/mol. The summed E-state index contributed by atoms with van der Waals surface area (Å²) in [6, 6.07) is 1.76. The zero-order chi connectivity index (χ0) is 15.0. The Morgan fingerprint density at radius 2 is 2.24 bits per heavy atom. The molecule has 3 heterocycles. The van der Waals surface area contributed by atoms with E-state index in [-0.39, 0.29) is 5.91 Å². The highest BCUT2D eigenvalue weighted by Gasteiger charge is 2.28. The monoisotopic (exact) mass is 304 g/mol. The summed E-state index contributed by atoms with van der Waals surface area (Å²) in [6.45, 7) is 7.58. The van der Waals surface area contributed by atoms with Gasteiger partial charge in [0, 0.05) is 23.9 Å². The first-order chi connectivity index (χ1) is 10.1. The molecule has 0 spiro atoms. The van der Waals surface area contributed by atoms with Gasteiger partial charge < -0.3 is 9.32 Å². The van der Waals surface area contributed by atoms with Crippen LogP contribution in [0.15, 0.2) is 16.7 Å². The van der Waals surface area contributed by atoms with E-state index >= 15 is 0 Å². The summed E-state index contributed by atoms with van der Waals surface area (Å²) in [5.74, 6) is 1.14. The molecule has 3 rings (SSSR count). The van der Waals surface area contributed by atoms with E-state index in [1.165, 1.54) is 9.88 Å². The van der Waals surface area contributed by atoms with Gasteiger partial charge in [-0.15, -0.1) is 11.3 Å². The van der Waals surface area contributed by atoms with Crippen molar-refractivity contribution in [3.8, 4) is 0 Å². The second-order valence-corrected chi connectivity index (χ2v) is 6.91. The van der Waals surface area contributed by atoms with Crippen LogP contribution in [0.2, 0.25) is 0 Å². The molecule has 4 nitrogen and oxygen atoms in total. The number of aromatic nitrogens is 1. The van der Waals surface area contributed by atoms with Gasteiger partial charge in [-0.1, -0.05) is 0 Å². The second-order valence-electron chi connectivity index (χ2n) is 5.67. The third kappa shape index (κ3) is 2.75. The van der Waals surface area contributed by atoms with Gasteiger partial charge in [0.1, 0.15) is 5.76 Å². The lowest BCUT2D eigenvalue weighted by atomic mass is 9.98. The largest absolute Gasteiger partial charge is 0.469 e. The lowest BCUT2D eigenvalue weighted by molar-refractivity contribution is 0.0705. The summed E-state index contributed by atoms with van der Waals surface area (Å²) >= 11 is 1.77. The number of amides is 1. The molecule has 1 aliphatic heterocycles. The highest BCUT2D eigenvalue weighted by Crippen LogP contribution is 2.32. The molecule has 1 fully saturated rings. The van der Waals surface area contributed by atoms with E-state index in [9.17, 15) is 4.79 Å². The number of aryl methyl sites for hydroxylation is 3. The molecule has 1 aliphatic rings. The van der Waals surface area contributed by atoms with Gasteiger partial charge in [0.15, 0.2) is 0 Å². The van der Waals surface area contributed by atoms with E-state index in [1.54, 1.807) is 23.7 Å². The minimum absolute atomic E-state index is 0.0796. The highest BCUT2D eigenvalue weighted by atomic mass is 32.1. The van der Waals surface area contributed by atoms with Gasteiger partial charge >= 0.3 is 0 Å². The number of furan rings is 1. The second kappa shape index (κ2) is 5.64. The lowest BCUT2D eigenvalue weighted by Crippen LogP contribution is -2.39. The fraction of sp³-hybridized carbons (Fsp3) is 0.500. The van der Waals surface area contributed by atoms with Crippen LogP contribution in [0.5, 0.6) is 0 Å². The minimum Gasteiger partial charge on any atom is -0.469 e. The summed E-state index contributed by atoms with van der Waals surface area (Å²) in [6.07, 6.45) is 3.73. The summed E-state index contributed by atoms with van der Waals surface area (Å²) in [5, 5.41) is 1.17. The van der Waals surface area contributed by atoms with Crippen molar-refractivity contribution < 1.29 is 9.21 Å². The summed E-state index contributed by atoms with van der Waals surface area (Å²) < 4.78 is 5.25. The molecule has 112 valence electrons. The van der Waals surface area contributed by atoms with Gasteiger partial charge in [-0.2, -0.15) is 0 Å². The van der Waals surface area contributed by atoms with Crippen LogP contribution in [-0.2, 0) is 0 Å². The normalized spacial score (nSPS) is 19.0. The average molecular weight is 304 g/mol. The standard InChI is InChI=1S/C16H20N2O2S/c1-10-12(3)21-15(17-10)13-5-4-7-18(9-13)16(19)14-6-8-20-11(14)2/h6,8,13H,4-5,7,9H2,1-3H3/t13-/m1/s1. The molecule has 0 bridgehead atoms. The van der Waals surface area contributed by atoms with Crippen LogP contribution in [-0.4, -0.2) is 28.9 Å². The average Bonchev–Trinajstić information content (AvgIpc) is 3.05. The zero-order valence-corrected chi connectivity index (χ0v) is 13.5. The molecule has 2 aromatic rings. The molecule has 0 radical (unpaired) electrons. The third-order valence-electron chi connectivity index (χ3n) is 4.19.